The van der Waals surface area contributed by atoms with Crippen molar-refractivity contribution in [3.63, 3.8) is 0 Å². The minimum absolute atomic E-state index is 0.0695. The number of amides is 1. The zero-order valence-electron chi connectivity index (χ0n) is 12.5. The molecule has 0 aliphatic heterocycles. The van der Waals surface area contributed by atoms with Gasteiger partial charge in [-0.2, -0.15) is 0 Å². The number of benzene rings is 1. The topological polar surface area (TPSA) is 141 Å². The van der Waals surface area contributed by atoms with Gasteiger partial charge in [-0.3, -0.25) is 19.0 Å². The van der Waals surface area contributed by atoms with Gasteiger partial charge in [0.05, 0.1) is 18.8 Å². The molecular formula is C15H15N3O6. The lowest BCUT2D eigenvalue weighted by atomic mass is 10.2. The third kappa shape index (κ3) is 3.76. The summed E-state index contributed by atoms with van der Waals surface area (Å²) in [5, 5.41) is 19.9. The van der Waals surface area contributed by atoms with Crippen molar-refractivity contribution in [1.82, 2.24) is 14.9 Å². The van der Waals surface area contributed by atoms with Crippen LogP contribution in [0.3, 0.4) is 0 Å². The highest BCUT2D eigenvalue weighted by Gasteiger charge is 2.20. The molecule has 24 heavy (non-hydrogen) atoms. The van der Waals surface area contributed by atoms with Crippen molar-refractivity contribution < 1.29 is 19.8 Å². The summed E-state index contributed by atoms with van der Waals surface area (Å²) in [6.07, 6.45) is 0. The van der Waals surface area contributed by atoms with Crippen molar-refractivity contribution >= 4 is 11.9 Å². The Morgan fingerprint density at radius 2 is 1.83 bits per heavy atom. The fraction of sp³-hybridized carbons (Fsp3) is 0.200. The Bertz CT molecular complexity index is 869. The molecule has 2 rings (SSSR count). The number of nitrogens with zero attached hydrogens (tertiary/aromatic N) is 1. The molecule has 1 heterocycles. The maximum absolute atomic E-state index is 12.5. The molecule has 9 nitrogen and oxygen atoms in total. The molecule has 1 amide bonds. The van der Waals surface area contributed by atoms with Crippen molar-refractivity contribution in [2.24, 2.45) is 0 Å². The van der Waals surface area contributed by atoms with Gasteiger partial charge in [-0.1, -0.05) is 30.3 Å². The fourth-order valence-electron chi connectivity index (χ4n) is 2.12. The Labute approximate surface area is 135 Å². The molecule has 0 spiro atoms. The van der Waals surface area contributed by atoms with Crippen LogP contribution in [0.1, 0.15) is 21.6 Å². The van der Waals surface area contributed by atoms with E-state index in [1.807, 2.05) is 5.32 Å². The van der Waals surface area contributed by atoms with E-state index in [0.29, 0.717) is 5.56 Å². The summed E-state index contributed by atoms with van der Waals surface area (Å²) in [5.41, 5.74) is -1.78. The first kappa shape index (κ1) is 17.2. The molecule has 1 aromatic carbocycles. The van der Waals surface area contributed by atoms with Gasteiger partial charge in [0.25, 0.3) is 11.5 Å². The van der Waals surface area contributed by atoms with Crippen LogP contribution in [0.4, 0.5) is 0 Å². The van der Waals surface area contributed by atoms with Gasteiger partial charge in [-0.25, -0.2) is 4.79 Å². The molecule has 0 saturated heterocycles. The lowest BCUT2D eigenvalue weighted by Crippen LogP contribution is -2.43. The molecule has 0 aliphatic rings. The number of aromatic amines is 1. The standard InChI is InChI=1S/C15H15N3O6/c19-8-10-12(13(22)16-6-11(20)21)14(23)18(15(24)17-10)7-9-4-2-1-3-5-9/h1-5,19H,6-8H2,(H,16,22)(H,17,24)(H,20,21). The van der Waals surface area contributed by atoms with Crippen LogP contribution in [0.25, 0.3) is 0 Å². The number of aliphatic hydroxyl groups excluding tert-OH is 1. The number of carbonyl (C=O) groups excluding carboxylic acids is 1. The van der Waals surface area contributed by atoms with E-state index >= 15 is 0 Å². The number of aromatic nitrogens is 2. The van der Waals surface area contributed by atoms with Crippen molar-refractivity contribution in [1.29, 1.82) is 0 Å². The number of H-pyrrole nitrogens is 1. The normalized spacial score (nSPS) is 10.4. The predicted octanol–water partition coefficient (Wildman–Crippen LogP) is -1.11. The second-order valence-electron chi connectivity index (χ2n) is 4.90. The predicted molar refractivity (Wildman–Crippen MR) is 82.8 cm³/mol. The van der Waals surface area contributed by atoms with E-state index in [1.54, 1.807) is 30.3 Å². The van der Waals surface area contributed by atoms with Crippen molar-refractivity contribution in [3.05, 3.63) is 68.0 Å². The van der Waals surface area contributed by atoms with Crippen LogP contribution < -0.4 is 16.6 Å². The zero-order valence-corrected chi connectivity index (χ0v) is 12.5. The number of rotatable bonds is 6. The first-order valence-electron chi connectivity index (χ1n) is 6.94. The van der Waals surface area contributed by atoms with Crippen molar-refractivity contribution in [2.75, 3.05) is 6.54 Å². The molecule has 0 radical (unpaired) electrons. The maximum Gasteiger partial charge on any atom is 0.328 e. The summed E-state index contributed by atoms with van der Waals surface area (Å²) in [6.45, 7) is -1.51. The van der Waals surface area contributed by atoms with Gasteiger partial charge in [-0.05, 0) is 5.56 Å². The summed E-state index contributed by atoms with van der Waals surface area (Å²) in [7, 11) is 0. The van der Waals surface area contributed by atoms with Gasteiger partial charge in [-0.15, -0.1) is 0 Å². The van der Waals surface area contributed by atoms with Crippen LogP contribution in [-0.4, -0.2) is 38.2 Å². The van der Waals surface area contributed by atoms with E-state index in [4.69, 9.17) is 5.11 Å². The molecule has 0 atom stereocenters. The Hall–Kier alpha value is -3.20. The number of aliphatic hydroxyl groups is 1. The summed E-state index contributed by atoms with van der Waals surface area (Å²) >= 11 is 0. The number of hydrogen-bond acceptors (Lipinski definition) is 5. The maximum atomic E-state index is 12.5. The van der Waals surface area contributed by atoms with Crippen LogP contribution in [0.5, 0.6) is 0 Å². The van der Waals surface area contributed by atoms with E-state index in [9.17, 15) is 24.3 Å². The number of nitrogens with one attached hydrogen (secondary N) is 2. The van der Waals surface area contributed by atoms with E-state index in [1.165, 1.54) is 0 Å². The van der Waals surface area contributed by atoms with E-state index in [-0.39, 0.29) is 12.2 Å². The summed E-state index contributed by atoms with van der Waals surface area (Å²) in [6, 6.07) is 8.65. The van der Waals surface area contributed by atoms with E-state index in [0.717, 1.165) is 4.57 Å². The minimum atomic E-state index is -1.29. The van der Waals surface area contributed by atoms with Crippen LogP contribution in [0, 0.1) is 0 Å². The van der Waals surface area contributed by atoms with Gasteiger partial charge in [0.2, 0.25) is 0 Å². The average Bonchev–Trinajstić information content (AvgIpc) is 2.56. The highest BCUT2D eigenvalue weighted by atomic mass is 16.4. The molecule has 126 valence electrons. The lowest BCUT2D eigenvalue weighted by molar-refractivity contribution is -0.135. The van der Waals surface area contributed by atoms with Crippen LogP contribution in [0.2, 0.25) is 0 Å². The van der Waals surface area contributed by atoms with Gasteiger partial charge in [0.1, 0.15) is 12.1 Å². The van der Waals surface area contributed by atoms with E-state index in [2.05, 4.69) is 4.98 Å². The van der Waals surface area contributed by atoms with Crippen molar-refractivity contribution in [2.45, 2.75) is 13.2 Å². The number of carbonyl (C=O) groups is 2. The molecule has 9 heteroatoms. The fourth-order valence-corrected chi connectivity index (χ4v) is 2.12. The lowest BCUT2D eigenvalue weighted by Gasteiger charge is -2.11. The molecule has 0 bridgehead atoms. The monoisotopic (exact) mass is 333 g/mol. The van der Waals surface area contributed by atoms with E-state index < -0.39 is 41.8 Å². The smallest absolute Gasteiger partial charge is 0.328 e. The van der Waals surface area contributed by atoms with Gasteiger partial charge in [0.15, 0.2) is 0 Å². The Morgan fingerprint density at radius 1 is 1.17 bits per heavy atom. The zero-order chi connectivity index (χ0) is 17.7. The largest absolute Gasteiger partial charge is 0.480 e. The highest BCUT2D eigenvalue weighted by Crippen LogP contribution is 2.02. The third-order valence-electron chi connectivity index (χ3n) is 3.23. The Morgan fingerprint density at radius 3 is 2.42 bits per heavy atom. The second-order valence-corrected chi connectivity index (χ2v) is 4.90. The first-order valence-corrected chi connectivity index (χ1v) is 6.94. The van der Waals surface area contributed by atoms with Gasteiger partial charge < -0.3 is 20.5 Å². The molecule has 2 aromatic rings. The summed E-state index contributed by atoms with van der Waals surface area (Å²) in [5.74, 6) is -2.27. The van der Waals surface area contributed by atoms with Crippen molar-refractivity contribution in [3.8, 4) is 0 Å². The summed E-state index contributed by atoms with van der Waals surface area (Å²) < 4.78 is 0.810. The van der Waals surface area contributed by atoms with Gasteiger partial charge >= 0.3 is 11.7 Å². The van der Waals surface area contributed by atoms with Crippen LogP contribution >= 0.6 is 0 Å². The number of hydrogen-bond donors (Lipinski definition) is 4. The molecule has 4 N–H and O–H groups in total. The molecule has 0 unspecified atom stereocenters. The Balaban J connectivity index is 2.48. The second kappa shape index (κ2) is 7.38. The van der Waals surface area contributed by atoms with Crippen LogP contribution in [0.15, 0.2) is 39.9 Å². The third-order valence-corrected chi connectivity index (χ3v) is 3.23. The number of carboxylic acids is 1. The molecule has 1 aromatic heterocycles. The Kier molecular flexibility index (Phi) is 5.27. The highest BCUT2D eigenvalue weighted by molar-refractivity contribution is 5.96. The number of aliphatic carboxylic acids is 1. The molecule has 0 saturated carbocycles. The quantitative estimate of drug-likeness (QED) is 0.528. The number of carboxylic acid groups (broad SMARTS) is 1. The van der Waals surface area contributed by atoms with Crippen LogP contribution in [-0.2, 0) is 17.9 Å². The first-order chi connectivity index (χ1) is 11.4. The SMILES string of the molecule is O=C(O)CNC(=O)c1c(CO)[nH]c(=O)n(Cc2ccccc2)c1=O. The molecule has 0 fully saturated rings. The molecule has 0 aliphatic carbocycles. The van der Waals surface area contributed by atoms with Gasteiger partial charge in [0, 0.05) is 0 Å². The molecular weight excluding hydrogens is 318 g/mol. The summed E-state index contributed by atoms with van der Waals surface area (Å²) in [4.78, 5) is 49.4. The average molecular weight is 333 g/mol. The minimum Gasteiger partial charge on any atom is -0.480 e.